The summed E-state index contributed by atoms with van der Waals surface area (Å²) in [5.41, 5.74) is 0.729. The summed E-state index contributed by atoms with van der Waals surface area (Å²) in [7, 11) is 0. The Kier molecular flexibility index (Phi) is 6.41. The van der Waals surface area contributed by atoms with Gasteiger partial charge >= 0.3 is 0 Å². The van der Waals surface area contributed by atoms with Crippen LogP contribution in [0.4, 0.5) is 15.8 Å². The number of hydrogen-bond donors (Lipinski definition) is 3. The van der Waals surface area contributed by atoms with E-state index in [1.54, 1.807) is 0 Å². The zero-order valence-electron chi connectivity index (χ0n) is 14.0. The van der Waals surface area contributed by atoms with E-state index < -0.39 is 46.2 Å². The van der Waals surface area contributed by atoms with Gasteiger partial charge in [0.25, 0.3) is 17.5 Å². The summed E-state index contributed by atoms with van der Waals surface area (Å²) >= 11 is 0. The van der Waals surface area contributed by atoms with Gasteiger partial charge in [-0.3, -0.25) is 19.7 Å². The smallest absolute Gasteiger partial charge is 0.272 e. The van der Waals surface area contributed by atoms with Crippen LogP contribution in [0.1, 0.15) is 15.9 Å². The molecule has 0 aromatic heterocycles. The highest BCUT2D eigenvalue weighted by molar-refractivity contribution is 5.96. The second-order valence-electron chi connectivity index (χ2n) is 5.24. The minimum absolute atomic E-state index is 0.0201. The third-order valence-electron chi connectivity index (χ3n) is 3.30. The summed E-state index contributed by atoms with van der Waals surface area (Å²) in [6, 6.07) is 6.55. The highest BCUT2D eigenvalue weighted by atomic mass is 19.1. The number of aromatic hydroxyl groups is 1. The number of carbonyl (C=O) groups excluding carboxylic acids is 2. The van der Waals surface area contributed by atoms with Crippen LogP contribution in [0.3, 0.4) is 0 Å². The Morgan fingerprint density at radius 1 is 1.29 bits per heavy atom. The number of nitrogens with zero attached hydrogens (tertiary/aromatic N) is 3. The lowest BCUT2D eigenvalue weighted by molar-refractivity contribution is -0.384. The number of phenols is 1. The van der Waals surface area contributed by atoms with Gasteiger partial charge < -0.3 is 10.4 Å². The van der Waals surface area contributed by atoms with E-state index in [9.17, 15) is 34.1 Å². The first-order valence-electron chi connectivity index (χ1n) is 7.52. The standard InChI is InChI=1S/C16H12FN5O6/c17-11-3-1-2-9(4-11)16(25)18-8-14(23)20-19-7-10-5-12(22(27)28)6-13(21-26)15(10)24/h1-7,24H,8H2,(H,18,25)(H,20,23). The molecule has 0 aliphatic heterocycles. The summed E-state index contributed by atoms with van der Waals surface area (Å²) in [5.74, 6) is -2.71. The van der Waals surface area contributed by atoms with Crippen molar-refractivity contribution < 1.29 is 24.0 Å². The molecule has 0 bridgehead atoms. The normalized spacial score (nSPS) is 10.5. The van der Waals surface area contributed by atoms with Gasteiger partial charge in [0.05, 0.1) is 17.7 Å². The SMILES string of the molecule is O=Nc1cc([N+](=O)[O-])cc(C=NNC(=O)CNC(=O)c2cccc(F)c2)c1O. The Morgan fingerprint density at radius 2 is 2.04 bits per heavy atom. The number of non-ortho nitro benzene ring substituents is 1. The van der Waals surface area contributed by atoms with Crippen molar-refractivity contribution in [1.82, 2.24) is 10.7 Å². The van der Waals surface area contributed by atoms with Crippen molar-refractivity contribution in [2.24, 2.45) is 10.3 Å². The van der Waals surface area contributed by atoms with Gasteiger partial charge in [0, 0.05) is 23.3 Å². The van der Waals surface area contributed by atoms with E-state index >= 15 is 0 Å². The van der Waals surface area contributed by atoms with Gasteiger partial charge in [-0.1, -0.05) is 6.07 Å². The average molecular weight is 389 g/mol. The molecule has 2 aromatic rings. The summed E-state index contributed by atoms with van der Waals surface area (Å²) in [6.07, 6.45) is 0.864. The molecular weight excluding hydrogens is 377 g/mol. The van der Waals surface area contributed by atoms with Gasteiger partial charge in [-0.2, -0.15) is 5.10 Å². The van der Waals surface area contributed by atoms with Gasteiger partial charge in [-0.15, -0.1) is 4.91 Å². The maximum absolute atomic E-state index is 13.1. The number of nitrogens with one attached hydrogen (secondary N) is 2. The maximum atomic E-state index is 13.1. The number of rotatable bonds is 7. The Morgan fingerprint density at radius 3 is 2.68 bits per heavy atom. The van der Waals surface area contributed by atoms with E-state index in [0.29, 0.717) is 0 Å². The molecule has 0 heterocycles. The first-order chi connectivity index (χ1) is 13.3. The Labute approximate surface area is 156 Å². The topological polar surface area (TPSA) is 163 Å². The monoisotopic (exact) mass is 389 g/mol. The predicted molar refractivity (Wildman–Crippen MR) is 94.7 cm³/mol. The number of nitroso groups, excluding NO2 is 1. The van der Waals surface area contributed by atoms with Gasteiger partial charge in [0.1, 0.15) is 5.82 Å². The van der Waals surface area contributed by atoms with Crippen LogP contribution in [-0.4, -0.2) is 34.6 Å². The summed E-state index contributed by atoms with van der Waals surface area (Å²) in [5, 5.41) is 28.8. The van der Waals surface area contributed by atoms with Crippen LogP contribution >= 0.6 is 0 Å². The van der Waals surface area contributed by atoms with E-state index in [-0.39, 0.29) is 11.1 Å². The van der Waals surface area contributed by atoms with Crippen LogP contribution in [0, 0.1) is 20.8 Å². The molecular formula is C16H12FN5O6. The number of phenolic OH excluding ortho intramolecular Hbond substituents is 1. The van der Waals surface area contributed by atoms with Crippen molar-refractivity contribution >= 4 is 29.4 Å². The molecule has 3 N–H and O–H groups in total. The largest absolute Gasteiger partial charge is 0.505 e. The molecule has 0 fully saturated rings. The van der Waals surface area contributed by atoms with Crippen LogP contribution in [0.25, 0.3) is 0 Å². The van der Waals surface area contributed by atoms with Crippen molar-refractivity contribution in [3.63, 3.8) is 0 Å². The number of nitro benzene ring substituents is 1. The molecule has 12 heteroatoms. The average Bonchev–Trinajstić information content (AvgIpc) is 2.67. The van der Waals surface area contributed by atoms with Crippen LogP contribution in [0.15, 0.2) is 46.7 Å². The number of benzene rings is 2. The third-order valence-corrected chi connectivity index (χ3v) is 3.30. The Bertz CT molecular complexity index is 978. The molecule has 0 aliphatic rings. The second kappa shape index (κ2) is 8.93. The fourth-order valence-electron chi connectivity index (χ4n) is 2.00. The van der Waals surface area contributed by atoms with Gasteiger partial charge in [-0.05, 0) is 23.4 Å². The molecule has 2 aromatic carbocycles. The summed E-state index contributed by atoms with van der Waals surface area (Å²) < 4.78 is 13.1. The lowest BCUT2D eigenvalue weighted by atomic mass is 10.1. The van der Waals surface area contributed by atoms with E-state index in [4.69, 9.17) is 0 Å². The Hall–Kier alpha value is -4.22. The number of hydrogen-bond acceptors (Lipinski definition) is 8. The molecule has 11 nitrogen and oxygen atoms in total. The van der Waals surface area contributed by atoms with Gasteiger partial charge in [0.2, 0.25) is 0 Å². The molecule has 0 aliphatic carbocycles. The predicted octanol–water partition coefficient (Wildman–Crippen LogP) is 1.72. The fraction of sp³-hybridized carbons (Fsp3) is 0.0625. The third kappa shape index (κ3) is 5.14. The van der Waals surface area contributed by atoms with E-state index in [2.05, 4.69) is 15.6 Å². The molecule has 0 atom stereocenters. The van der Waals surface area contributed by atoms with Crippen LogP contribution in [-0.2, 0) is 4.79 Å². The first-order valence-corrected chi connectivity index (χ1v) is 7.52. The molecule has 2 rings (SSSR count). The van der Waals surface area contributed by atoms with Gasteiger partial charge in [-0.25, -0.2) is 9.82 Å². The molecule has 28 heavy (non-hydrogen) atoms. The zero-order chi connectivity index (χ0) is 20.7. The van der Waals surface area contributed by atoms with Crippen molar-refractivity contribution in [3.05, 3.63) is 68.4 Å². The molecule has 2 amide bonds. The maximum Gasteiger partial charge on any atom is 0.272 e. The molecule has 0 saturated carbocycles. The van der Waals surface area contributed by atoms with Crippen LogP contribution < -0.4 is 10.7 Å². The lowest BCUT2D eigenvalue weighted by Gasteiger charge is -2.04. The van der Waals surface area contributed by atoms with Crippen molar-refractivity contribution in [3.8, 4) is 5.75 Å². The number of halogens is 1. The van der Waals surface area contributed by atoms with E-state index in [0.717, 1.165) is 30.5 Å². The number of amides is 2. The number of hydrazone groups is 1. The molecule has 0 unspecified atom stereocenters. The highest BCUT2D eigenvalue weighted by Gasteiger charge is 2.16. The van der Waals surface area contributed by atoms with Crippen LogP contribution in [0.5, 0.6) is 5.75 Å². The molecule has 144 valence electrons. The minimum atomic E-state index is -0.800. The second-order valence-corrected chi connectivity index (χ2v) is 5.24. The van der Waals surface area contributed by atoms with Crippen molar-refractivity contribution in [2.45, 2.75) is 0 Å². The highest BCUT2D eigenvalue weighted by Crippen LogP contribution is 2.33. The first kappa shape index (κ1) is 20.1. The molecule has 0 spiro atoms. The number of nitro groups is 1. The summed E-state index contributed by atoms with van der Waals surface area (Å²) in [6.45, 7) is -0.491. The molecule has 0 saturated heterocycles. The van der Waals surface area contributed by atoms with Crippen LogP contribution in [0.2, 0.25) is 0 Å². The number of carbonyl (C=O) groups is 2. The quantitative estimate of drug-likeness (QED) is 0.282. The lowest BCUT2D eigenvalue weighted by Crippen LogP contribution is -2.34. The Balaban J connectivity index is 1.98. The summed E-state index contributed by atoms with van der Waals surface area (Å²) in [4.78, 5) is 44.1. The van der Waals surface area contributed by atoms with Crippen molar-refractivity contribution in [2.75, 3.05) is 6.54 Å². The fourth-order valence-corrected chi connectivity index (χ4v) is 2.00. The minimum Gasteiger partial charge on any atom is -0.505 e. The van der Waals surface area contributed by atoms with Gasteiger partial charge in [0.15, 0.2) is 11.4 Å². The van der Waals surface area contributed by atoms with E-state index in [1.165, 1.54) is 12.1 Å². The van der Waals surface area contributed by atoms with E-state index in [1.807, 2.05) is 5.43 Å². The zero-order valence-corrected chi connectivity index (χ0v) is 14.0. The molecule has 0 radical (unpaired) electrons. The van der Waals surface area contributed by atoms with Crippen molar-refractivity contribution in [1.29, 1.82) is 0 Å².